The molecule has 5 rings (SSSR count). The van der Waals surface area contributed by atoms with Gasteiger partial charge in [0.05, 0.1) is 52.4 Å². The number of hydrogen-bond acceptors (Lipinski definition) is 8. The number of hydrogen-bond donors (Lipinski definition) is 6. The normalized spacial score (nSPS) is 19.0. The van der Waals surface area contributed by atoms with Gasteiger partial charge in [-0.2, -0.15) is 0 Å². The molecule has 1 aromatic rings. The molecule has 0 aromatic carbocycles. The first-order valence-corrected chi connectivity index (χ1v) is 15.6. The zero-order valence-corrected chi connectivity index (χ0v) is 27.4. The molecule has 8 bridgehead atoms. The first kappa shape index (κ1) is 34.0. The molecule has 248 valence electrons. The third-order valence-corrected chi connectivity index (χ3v) is 9.08. The topological polar surface area (TPSA) is 194 Å². The van der Waals surface area contributed by atoms with E-state index in [1.807, 2.05) is 45.9 Å². The van der Waals surface area contributed by atoms with Gasteiger partial charge in [-0.05, 0) is 92.2 Å². The maximum absolute atomic E-state index is 11.6. The zero-order valence-electron chi connectivity index (χ0n) is 27.4. The maximum atomic E-state index is 11.6. The number of aromatic amines is 1. The Kier molecular flexibility index (Phi) is 9.47. The Bertz CT molecular complexity index is 2000. The van der Waals surface area contributed by atoms with Crippen LogP contribution in [-0.4, -0.2) is 67.1 Å². The number of allylic oxidation sites excluding steroid dienone is 9. The number of aromatic nitrogens is 1. The monoisotopic (exact) mass is 649 g/mol. The van der Waals surface area contributed by atoms with Crippen molar-refractivity contribution >= 4 is 41.2 Å². The Morgan fingerprint density at radius 1 is 0.812 bits per heavy atom. The van der Waals surface area contributed by atoms with Crippen molar-refractivity contribution in [2.75, 3.05) is 6.61 Å². The molecular weight excluding hydrogens is 610 g/mol. The molecule has 0 unspecified atom stereocenters. The highest BCUT2D eigenvalue weighted by Crippen LogP contribution is 2.39. The number of nitrogens with two attached hydrogens (primary N) is 1. The predicted molar refractivity (Wildman–Crippen MR) is 188 cm³/mol. The summed E-state index contributed by atoms with van der Waals surface area (Å²) in [5.74, 6) is -2.17. The number of carbonyl (C=O) groups is 2. The number of aliphatic hydroxyl groups is 2. The van der Waals surface area contributed by atoms with Gasteiger partial charge >= 0.3 is 11.9 Å². The van der Waals surface area contributed by atoms with E-state index in [9.17, 15) is 30.0 Å². The Morgan fingerprint density at radius 2 is 1.44 bits per heavy atom. The second-order valence-electron chi connectivity index (χ2n) is 12.0. The van der Waals surface area contributed by atoms with Crippen LogP contribution in [0.4, 0.5) is 0 Å². The maximum Gasteiger partial charge on any atom is 0.303 e. The van der Waals surface area contributed by atoms with Gasteiger partial charge in [-0.1, -0.05) is 25.3 Å². The number of rotatable bonds is 10. The third-order valence-electron chi connectivity index (χ3n) is 9.08. The fourth-order valence-corrected chi connectivity index (χ4v) is 6.32. The standard InChI is InChI=1S/C37H39N5O6/c1-7-21-20(6)35-34(37(48)25(38)16-43)36-22(8-2)17(3)28(41-36)13-26-18(4)23(9-11-32(44)45)30(39-26)15-31-24(10-12-33(46)47)19(5)27(40-31)14-29(21)42-35/h7-8,13-15,25,40,43,48H,1-2,9-12,16,38H2,3-6H3,(H,44,45)(H,46,47)/t25-/m0/s1. The fourth-order valence-electron chi connectivity index (χ4n) is 6.32. The van der Waals surface area contributed by atoms with Crippen LogP contribution in [0.5, 0.6) is 0 Å². The van der Waals surface area contributed by atoms with E-state index in [0.29, 0.717) is 62.3 Å². The zero-order chi connectivity index (χ0) is 35.0. The Morgan fingerprint density at radius 3 is 2.06 bits per heavy atom. The van der Waals surface area contributed by atoms with E-state index in [2.05, 4.69) is 18.1 Å². The molecule has 0 radical (unpaired) electrons. The minimum absolute atomic E-state index is 0.0959. The van der Waals surface area contributed by atoms with E-state index >= 15 is 0 Å². The number of carboxylic acids is 2. The van der Waals surface area contributed by atoms with Crippen molar-refractivity contribution in [3.63, 3.8) is 0 Å². The van der Waals surface area contributed by atoms with Crippen LogP contribution in [-0.2, 0) is 16.0 Å². The second-order valence-corrected chi connectivity index (χ2v) is 12.0. The lowest BCUT2D eigenvalue weighted by molar-refractivity contribution is -0.138. The number of aliphatic hydroxyl groups excluding tert-OH is 2. The van der Waals surface area contributed by atoms with Crippen LogP contribution in [0.25, 0.3) is 12.2 Å². The molecule has 1 atom stereocenters. The van der Waals surface area contributed by atoms with Crippen LogP contribution >= 0.6 is 0 Å². The summed E-state index contributed by atoms with van der Waals surface area (Å²) in [6.07, 6.45) is 9.10. The van der Waals surface area contributed by atoms with Crippen molar-refractivity contribution in [1.29, 1.82) is 0 Å². The highest BCUT2D eigenvalue weighted by molar-refractivity contribution is 6.38. The molecule has 0 saturated carbocycles. The highest BCUT2D eigenvalue weighted by atomic mass is 16.4. The van der Waals surface area contributed by atoms with Crippen LogP contribution in [0.1, 0.15) is 62.5 Å². The lowest BCUT2D eigenvalue weighted by atomic mass is 9.90. The lowest BCUT2D eigenvalue weighted by Gasteiger charge is -2.17. The van der Waals surface area contributed by atoms with Gasteiger partial charge < -0.3 is 31.1 Å². The average molecular weight is 650 g/mol. The van der Waals surface area contributed by atoms with E-state index in [0.717, 1.165) is 27.8 Å². The molecule has 4 aliphatic heterocycles. The van der Waals surface area contributed by atoms with Gasteiger partial charge in [0.25, 0.3) is 0 Å². The SMILES string of the molecule is C=CC1=C(C)C2=NC1=Cc1[nH]c(c(CCC(=O)O)c1C)C=C1N=C(C=C3N=C(C(C=C)=C3C)C2=C(O)[C@@H](N)CO)C(C)=C1CCC(=O)O. The van der Waals surface area contributed by atoms with Crippen LogP contribution in [0, 0.1) is 6.92 Å². The van der Waals surface area contributed by atoms with Crippen molar-refractivity contribution in [3.8, 4) is 0 Å². The number of fused-ring (bicyclic) bond motifs is 5. The summed E-state index contributed by atoms with van der Waals surface area (Å²) in [6, 6.07) is -1.12. The molecule has 4 aliphatic rings. The van der Waals surface area contributed by atoms with E-state index < -0.39 is 24.6 Å². The molecule has 7 N–H and O–H groups in total. The van der Waals surface area contributed by atoms with E-state index in [-0.39, 0.29) is 37.0 Å². The molecule has 0 amide bonds. The van der Waals surface area contributed by atoms with Gasteiger partial charge in [0.15, 0.2) is 0 Å². The Balaban J connectivity index is 1.90. The fraction of sp³-hybridized carbons (Fsp3) is 0.270. The molecule has 5 heterocycles. The van der Waals surface area contributed by atoms with Crippen molar-refractivity contribution in [2.45, 2.75) is 59.4 Å². The van der Waals surface area contributed by atoms with Gasteiger partial charge in [-0.25, -0.2) is 15.0 Å². The number of aliphatic imine (C=N–C) groups is 3. The van der Waals surface area contributed by atoms with Crippen molar-refractivity contribution in [1.82, 2.24) is 4.98 Å². The lowest BCUT2D eigenvalue weighted by Crippen LogP contribution is -2.31. The Hall–Kier alpha value is -5.39. The summed E-state index contributed by atoms with van der Waals surface area (Å²) in [4.78, 5) is 41.6. The van der Waals surface area contributed by atoms with Crippen LogP contribution in [0.15, 0.2) is 108 Å². The Labute approximate surface area is 278 Å². The predicted octanol–water partition coefficient (Wildman–Crippen LogP) is 5.60. The first-order chi connectivity index (χ1) is 22.8. The number of nitrogens with zero attached hydrogens (tertiary/aromatic N) is 3. The summed E-state index contributed by atoms with van der Waals surface area (Å²) in [6.45, 7) is 15.0. The molecule has 0 aliphatic carbocycles. The largest absolute Gasteiger partial charge is 0.510 e. The van der Waals surface area contributed by atoms with E-state index in [1.54, 1.807) is 12.2 Å². The minimum Gasteiger partial charge on any atom is -0.510 e. The minimum atomic E-state index is -1.12. The summed E-state index contributed by atoms with van der Waals surface area (Å²) in [7, 11) is 0. The number of nitrogens with one attached hydrogen (secondary N) is 1. The second kappa shape index (κ2) is 13.4. The number of aliphatic carboxylic acids is 2. The van der Waals surface area contributed by atoms with Gasteiger partial charge in [-0.3, -0.25) is 9.59 Å². The third kappa shape index (κ3) is 6.05. The van der Waals surface area contributed by atoms with Crippen LogP contribution in [0.2, 0.25) is 0 Å². The van der Waals surface area contributed by atoms with Crippen molar-refractivity contribution in [2.24, 2.45) is 20.7 Å². The smallest absolute Gasteiger partial charge is 0.303 e. The molecule has 0 spiro atoms. The van der Waals surface area contributed by atoms with Gasteiger partial charge in [0, 0.05) is 35.4 Å². The quantitative estimate of drug-likeness (QED) is 0.177. The summed E-state index contributed by atoms with van der Waals surface area (Å²) < 4.78 is 0. The summed E-state index contributed by atoms with van der Waals surface area (Å²) in [5, 5.41) is 40.6. The van der Waals surface area contributed by atoms with Gasteiger partial charge in [-0.15, -0.1) is 0 Å². The van der Waals surface area contributed by atoms with Crippen molar-refractivity contribution in [3.05, 3.63) is 116 Å². The number of H-pyrrole nitrogens is 1. The molecule has 11 heteroatoms. The molecule has 0 saturated heterocycles. The molecule has 48 heavy (non-hydrogen) atoms. The summed E-state index contributed by atoms with van der Waals surface area (Å²) in [5.41, 5.74) is 16.7. The van der Waals surface area contributed by atoms with E-state index in [4.69, 9.17) is 20.7 Å². The van der Waals surface area contributed by atoms with Crippen LogP contribution in [0.3, 0.4) is 0 Å². The molecule has 11 nitrogen and oxygen atoms in total. The first-order valence-electron chi connectivity index (χ1n) is 15.6. The molecular formula is C37H39N5O6. The van der Waals surface area contributed by atoms with Crippen molar-refractivity contribution < 1.29 is 30.0 Å². The highest BCUT2D eigenvalue weighted by Gasteiger charge is 2.34. The molecule has 1 aromatic heterocycles. The van der Waals surface area contributed by atoms with E-state index in [1.165, 1.54) is 0 Å². The van der Waals surface area contributed by atoms with Gasteiger partial charge in [0.2, 0.25) is 0 Å². The average Bonchev–Trinajstić information content (AvgIpc) is 3.71. The van der Waals surface area contributed by atoms with Gasteiger partial charge in [0.1, 0.15) is 5.76 Å². The summed E-state index contributed by atoms with van der Waals surface area (Å²) >= 11 is 0. The number of carboxylic acid groups (broad SMARTS) is 2. The molecule has 0 fully saturated rings. The van der Waals surface area contributed by atoms with Crippen LogP contribution < -0.4 is 5.73 Å².